The molecule has 3 aromatic rings. The molecule has 0 fully saturated rings. The van der Waals surface area contributed by atoms with Crippen molar-refractivity contribution in [1.29, 1.82) is 0 Å². The maximum Gasteiger partial charge on any atom is 0.417 e. The number of halogens is 4. The van der Waals surface area contributed by atoms with E-state index in [4.69, 9.17) is 11.6 Å². The van der Waals surface area contributed by atoms with Crippen LogP contribution >= 0.6 is 11.6 Å². The van der Waals surface area contributed by atoms with E-state index in [9.17, 15) is 18.0 Å². The Labute approximate surface area is 177 Å². The molecule has 30 heavy (non-hydrogen) atoms. The fraction of sp³-hybridized carbons (Fsp3) is 0.217. The highest BCUT2D eigenvalue weighted by Crippen LogP contribution is 2.34. The fourth-order valence-corrected chi connectivity index (χ4v) is 3.12. The molecule has 7 heteroatoms. The number of hydrogen-bond acceptors (Lipinski definition) is 2. The monoisotopic (exact) mass is 432 g/mol. The molecular formula is C23H20ClF3N2O. The first-order chi connectivity index (χ1) is 13.9. The van der Waals surface area contributed by atoms with Crippen molar-refractivity contribution in [3.8, 4) is 11.3 Å². The molecule has 1 aromatic heterocycles. The van der Waals surface area contributed by atoms with Crippen LogP contribution < -0.4 is 5.32 Å². The Morgan fingerprint density at radius 2 is 1.53 bits per heavy atom. The second-order valence-electron chi connectivity index (χ2n) is 7.91. The summed E-state index contributed by atoms with van der Waals surface area (Å²) in [6.45, 7) is 6.33. The van der Waals surface area contributed by atoms with E-state index >= 15 is 0 Å². The molecule has 0 saturated carbocycles. The molecule has 1 N–H and O–H groups in total. The van der Waals surface area contributed by atoms with Gasteiger partial charge in [0, 0.05) is 23.0 Å². The van der Waals surface area contributed by atoms with E-state index in [1.165, 1.54) is 0 Å². The molecule has 0 saturated heterocycles. The zero-order valence-electron chi connectivity index (χ0n) is 16.6. The number of pyridine rings is 1. The number of aromatic nitrogens is 1. The molecule has 0 aliphatic rings. The summed E-state index contributed by atoms with van der Waals surface area (Å²) in [5.74, 6) is -0.295. The Kier molecular flexibility index (Phi) is 5.90. The van der Waals surface area contributed by atoms with Gasteiger partial charge in [-0.1, -0.05) is 56.6 Å². The van der Waals surface area contributed by atoms with Gasteiger partial charge < -0.3 is 5.32 Å². The SMILES string of the molecule is CC(C)(C)c1ccc(NC(=O)c2ccc(-c3ncc(C(F)(F)F)cc3Cl)cc2)cc1. The average molecular weight is 433 g/mol. The molecule has 2 aromatic carbocycles. The number of hydrogen-bond donors (Lipinski definition) is 1. The lowest BCUT2D eigenvalue weighted by Gasteiger charge is -2.19. The van der Waals surface area contributed by atoms with Crippen LogP contribution in [-0.4, -0.2) is 10.9 Å². The minimum absolute atomic E-state index is 0.0198. The number of carbonyl (C=O) groups excluding carboxylic acids is 1. The molecule has 156 valence electrons. The van der Waals surface area contributed by atoms with E-state index in [0.717, 1.165) is 17.8 Å². The Bertz CT molecular complexity index is 1050. The van der Waals surface area contributed by atoms with Crippen LogP contribution in [0.4, 0.5) is 18.9 Å². The normalized spacial score (nSPS) is 12.0. The van der Waals surface area contributed by atoms with Gasteiger partial charge in [0.1, 0.15) is 0 Å². The van der Waals surface area contributed by atoms with E-state index in [2.05, 4.69) is 31.1 Å². The molecule has 3 nitrogen and oxygen atoms in total. The van der Waals surface area contributed by atoms with Crippen LogP contribution in [0.1, 0.15) is 42.3 Å². The first kappa shape index (κ1) is 21.8. The van der Waals surface area contributed by atoms with Crippen molar-refractivity contribution in [3.63, 3.8) is 0 Å². The topological polar surface area (TPSA) is 42.0 Å². The third-order valence-corrected chi connectivity index (χ3v) is 4.89. The molecule has 0 spiro atoms. The maximum absolute atomic E-state index is 12.8. The van der Waals surface area contributed by atoms with Gasteiger partial charge in [0.15, 0.2) is 0 Å². The minimum atomic E-state index is -4.51. The molecule has 1 amide bonds. The quantitative estimate of drug-likeness (QED) is 0.485. The van der Waals surface area contributed by atoms with E-state index < -0.39 is 11.7 Å². The van der Waals surface area contributed by atoms with Gasteiger partial charge in [-0.2, -0.15) is 13.2 Å². The third-order valence-electron chi connectivity index (χ3n) is 4.60. The zero-order chi connectivity index (χ0) is 22.1. The summed E-state index contributed by atoms with van der Waals surface area (Å²) in [4.78, 5) is 16.3. The van der Waals surface area contributed by atoms with Crippen molar-refractivity contribution in [2.24, 2.45) is 0 Å². The van der Waals surface area contributed by atoms with Crippen LogP contribution in [0.2, 0.25) is 5.02 Å². The molecule has 3 rings (SSSR count). The molecule has 0 aliphatic carbocycles. The van der Waals surface area contributed by atoms with Crippen molar-refractivity contribution in [3.05, 3.63) is 82.5 Å². The summed E-state index contributed by atoms with van der Waals surface area (Å²) < 4.78 is 38.3. The number of carbonyl (C=O) groups is 1. The Balaban J connectivity index is 1.75. The lowest BCUT2D eigenvalue weighted by Crippen LogP contribution is -2.13. The van der Waals surface area contributed by atoms with Gasteiger partial charge in [0.05, 0.1) is 16.3 Å². The van der Waals surface area contributed by atoms with Gasteiger partial charge in [-0.25, -0.2) is 0 Å². The van der Waals surface area contributed by atoms with Gasteiger partial charge in [0.25, 0.3) is 5.91 Å². The Morgan fingerprint density at radius 3 is 2.03 bits per heavy atom. The van der Waals surface area contributed by atoms with Crippen LogP contribution in [0.3, 0.4) is 0 Å². The van der Waals surface area contributed by atoms with E-state index in [1.807, 2.05) is 24.3 Å². The summed E-state index contributed by atoms with van der Waals surface area (Å²) in [6, 6.07) is 14.8. The highest BCUT2D eigenvalue weighted by molar-refractivity contribution is 6.33. The number of benzene rings is 2. The molecule has 1 heterocycles. The summed E-state index contributed by atoms with van der Waals surface area (Å²) in [7, 11) is 0. The third kappa shape index (κ3) is 5.00. The summed E-state index contributed by atoms with van der Waals surface area (Å²) in [5.41, 5.74) is 2.07. The van der Waals surface area contributed by atoms with Gasteiger partial charge in [0.2, 0.25) is 0 Å². The molecular weight excluding hydrogens is 413 g/mol. The van der Waals surface area contributed by atoms with Crippen molar-refractivity contribution in [2.75, 3.05) is 5.32 Å². The van der Waals surface area contributed by atoms with Gasteiger partial charge in [-0.15, -0.1) is 0 Å². The first-order valence-electron chi connectivity index (χ1n) is 9.20. The number of rotatable bonds is 3. The van der Waals surface area contributed by atoms with Crippen LogP contribution in [0.15, 0.2) is 60.8 Å². The average Bonchev–Trinajstić information content (AvgIpc) is 2.67. The molecule has 0 aliphatic heterocycles. The summed E-state index contributed by atoms with van der Waals surface area (Å²) >= 11 is 5.98. The maximum atomic E-state index is 12.8. The van der Waals surface area contributed by atoms with E-state index in [0.29, 0.717) is 16.8 Å². The van der Waals surface area contributed by atoms with Gasteiger partial charge >= 0.3 is 6.18 Å². The first-order valence-corrected chi connectivity index (χ1v) is 9.58. The number of nitrogens with one attached hydrogen (secondary N) is 1. The van der Waals surface area contributed by atoms with Crippen molar-refractivity contribution in [1.82, 2.24) is 4.98 Å². The number of nitrogens with zero attached hydrogens (tertiary/aromatic N) is 1. The molecule has 0 atom stereocenters. The number of anilines is 1. The molecule has 0 bridgehead atoms. The van der Waals surface area contributed by atoms with Crippen LogP contribution in [0.5, 0.6) is 0 Å². The standard InChI is InChI=1S/C23H20ClF3N2O/c1-22(2,3)16-8-10-18(11-9-16)29-21(30)15-6-4-14(5-7-15)20-19(24)12-17(13-28-20)23(25,26)27/h4-13H,1-3H3,(H,29,30). The predicted octanol–water partition coefficient (Wildman–Crippen LogP) is 6.97. The fourth-order valence-electron chi connectivity index (χ4n) is 2.84. The number of amides is 1. The lowest BCUT2D eigenvalue weighted by atomic mass is 9.87. The molecule has 0 unspecified atom stereocenters. The second-order valence-corrected chi connectivity index (χ2v) is 8.32. The van der Waals surface area contributed by atoms with E-state index in [-0.39, 0.29) is 22.0 Å². The van der Waals surface area contributed by atoms with Crippen LogP contribution in [0.25, 0.3) is 11.3 Å². The highest BCUT2D eigenvalue weighted by atomic mass is 35.5. The summed E-state index contributed by atoms with van der Waals surface area (Å²) in [6.07, 6.45) is -3.77. The predicted molar refractivity (Wildman–Crippen MR) is 113 cm³/mol. The number of alkyl halides is 3. The van der Waals surface area contributed by atoms with Crippen LogP contribution in [0, 0.1) is 0 Å². The Morgan fingerprint density at radius 1 is 0.933 bits per heavy atom. The van der Waals surface area contributed by atoms with Crippen molar-refractivity contribution < 1.29 is 18.0 Å². The van der Waals surface area contributed by atoms with Crippen molar-refractivity contribution in [2.45, 2.75) is 32.4 Å². The largest absolute Gasteiger partial charge is 0.417 e. The highest BCUT2D eigenvalue weighted by Gasteiger charge is 2.31. The smallest absolute Gasteiger partial charge is 0.322 e. The zero-order valence-corrected chi connectivity index (χ0v) is 17.4. The minimum Gasteiger partial charge on any atom is -0.322 e. The summed E-state index contributed by atoms with van der Waals surface area (Å²) in [5, 5.41) is 2.72. The van der Waals surface area contributed by atoms with Crippen LogP contribution in [-0.2, 0) is 11.6 Å². The Hall–Kier alpha value is -2.86. The van der Waals surface area contributed by atoms with Gasteiger partial charge in [-0.3, -0.25) is 9.78 Å². The van der Waals surface area contributed by atoms with E-state index in [1.54, 1.807) is 24.3 Å². The van der Waals surface area contributed by atoms with Crippen molar-refractivity contribution >= 4 is 23.2 Å². The lowest BCUT2D eigenvalue weighted by molar-refractivity contribution is -0.137. The van der Waals surface area contributed by atoms with Gasteiger partial charge in [-0.05, 0) is 41.3 Å². The molecule has 0 radical (unpaired) electrons. The second kappa shape index (κ2) is 8.11.